The molecule has 1 atom stereocenters. The van der Waals surface area contributed by atoms with E-state index in [0.29, 0.717) is 5.88 Å². The third kappa shape index (κ3) is 4.08. The first-order valence-electron chi connectivity index (χ1n) is 5.66. The molecule has 0 spiro atoms. The van der Waals surface area contributed by atoms with Crippen LogP contribution in [0.3, 0.4) is 0 Å². The van der Waals surface area contributed by atoms with Gasteiger partial charge in [0, 0.05) is 13.2 Å². The van der Waals surface area contributed by atoms with E-state index in [1.807, 2.05) is 0 Å². The molecule has 106 valence electrons. The number of carbonyl (C=O) groups is 1. The van der Waals surface area contributed by atoms with Crippen LogP contribution in [0.4, 0.5) is 0 Å². The Balaban J connectivity index is 2.86. The van der Waals surface area contributed by atoms with Crippen molar-refractivity contribution in [2.24, 2.45) is 0 Å². The van der Waals surface area contributed by atoms with E-state index >= 15 is 0 Å². The summed E-state index contributed by atoms with van der Waals surface area (Å²) >= 11 is 0. The maximum absolute atomic E-state index is 12.0. The Morgan fingerprint density at radius 1 is 1.37 bits per heavy atom. The maximum atomic E-state index is 12.0. The van der Waals surface area contributed by atoms with Crippen molar-refractivity contribution < 1.29 is 24.1 Å². The molecule has 7 heteroatoms. The minimum Gasteiger partial charge on any atom is -0.481 e. The molecule has 7 nitrogen and oxygen atoms in total. The van der Waals surface area contributed by atoms with Crippen LogP contribution in [0.5, 0.6) is 11.8 Å². The first kappa shape index (κ1) is 15.2. The summed E-state index contributed by atoms with van der Waals surface area (Å²) in [5, 5.41) is 11.7. The Morgan fingerprint density at radius 2 is 2.11 bits per heavy atom. The number of nitrogens with one attached hydrogen (secondary N) is 1. The van der Waals surface area contributed by atoms with E-state index < -0.39 is 11.9 Å². The predicted octanol–water partition coefficient (Wildman–Crippen LogP) is -0.164. The molecule has 0 aliphatic heterocycles. The molecular formula is C12H18N2O5. The van der Waals surface area contributed by atoms with Crippen LogP contribution in [-0.4, -0.2) is 56.6 Å². The molecule has 0 saturated heterocycles. The van der Waals surface area contributed by atoms with Gasteiger partial charge in [-0.15, -0.1) is 0 Å². The molecule has 0 aromatic carbocycles. The fourth-order valence-electron chi connectivity index (χ4n) is 1.47. The van der Waals surface area contributed by atoms with Gasteiger partial charge in [0.05, 0.1) is 33.5 Å². The summed E-state index contributed by atoms with van der Waals surface area (Å²) in [6.07, 6.45) is 0. The SMILES string of the molecule is COC[C@@H](CO)NC(=O)c1ccc(OC)nc1OC. The van der Waals surface area contributed by atoms with Gasteiger partial charge in [-0.2, -0.15) is 4.98 Å². The van der Waals surface area contributed by atoms with Gasteiger partial charge in [0.25, 0.3) is 5.91 Å². The van der Waals surface area contributed by atoms with Crippen molar-refractivity contribution in [3.8, 4) is 11.8 Å². The second-order valence-corrected chi connectivity index (χ2v) is 3.72. The van der Waals surface area contributed by atoms with Gasteiger partial charge in [0.1, 0.15) is 5.56 Å². The van der Waals surface area contributed by atoms with Crippen LogP contribution in [0.15, 0.2) is 12.1 Å². The van der Waals surface area contributed by atoms with Gasteiger partial charge in [-0.3, -0.25) is 4.79 Å². The van der Waals surface area contributed by atoms with Crippen LogP contribution in [-0.2, 0) is 4.74 Å². The molecule has 0 saturated carbocycles. The number of rotatable bonds is 7. The van der Waals surface area contributed by atoms with E-state index in [1.165, 1.54) is 21.3 Å². The number of aliphatic hydroxyl groups excluding tert-OH is 1. The molecule has 2 N–H and O–H groups in total. The Kier molecular flexibility index (Phi) is 6.04. The standard InChI is InChI=1S/C12H18N2O5/c1-17-7-8(6-15)13-11(16)9-4-5-10(18-2)14-12(9)19-3/h4-5,8,15H,6-7H2,1-3H3,(H,13,16)/t8-/m1/s1. The third-order valence-electron chi connectivity index (χ3n) is 2.41. The number of nitrogens with zero attached hydrogens (tertiary/aromatic N) is 1. The van der Waals surface area contributed by atoms with Crippen molar-refractivity contribution in [2.45, 2.75) is 6.04 Å². The average Bonchev–Trinajstić information content (AvgIpc) is 2.45. The lowest BCUT2D eigenvalue weighted by molar-refractivity contribution is 0.0836. The van der Waals surface area contributed by atoms with Gasteiger partial charge >= 0.3 is 0 Å². The molecule has 0 radical (unpaired) electrons. The van der Waals surface area contributed by atoms with Crippen molar-refractivity contribution in [1.82, 2.24) is 10.3 Å². The number of methoxy groups -OCH3 is 3. The monoisotopic (exact) mass is 270 g/mol. The lowest BCUT2D eigenvalue weighted by Gasteiger charge is -2.16. The van der Waals surface area contributed by atoms with Gasteiger partial charge in [0.2, 0.25) is 11.8 Å². The minimum absolute atomic E-state index is 0.158. The highest BCUT2D eigenvalue weighted by atomic mass is 16.5. The number of amides is 1. The number of ether oxygens (including phenoxy) is 3. The largest absolute Gasteiger partial charge is 0.481 e. The number of hydrogen-bond acceptors (Lipinski definition) is 6. The number of pyridine rings is 1. The predicted molar refractivity (Wildman–Crippen MR) is 67.6 cm³/mol. The highest BCUT2D eigenvalue weighted by molar-refractivity contribution is 5.96. The summed E-state index contributed by atoms with van der Waals surface area (Å²) in [6.45, 7) is -0.000380. The van der Waals surface area contributed by atoms with E-state index in [2.05, 4.69) is 10.3 Å². The Hall–Kier alpha value is -1.86. The van der Waals surface area contributed by atoms with Crippen LogP contribution in [0.2, 0.25) is 0 Å². The lowest BCUT2D eigenvalue weighted by atomic mass is 10.2. The lowest BCUT2D eigenvalue weighted by Crippen LogP contribution is -2.40. The normalized spacial score (nSPS) is 11.8. The number of carbonyl (C=O) groups excluding carboxylic acids is 1. The fourth-order valence-corrected chi connectivity index (χ4v) is 1.47. The van der Waals surface area contributed by atoms with Crippen LogP contribution < -0.4 is 14.8 Å². The average molecular weight is 270 g/mol. The third-order valence-corrected chi connectivity index (χ3v) is 2.41. The Labute approximate surface area is 111 Å². The molecule has 19 heavy (non-hydrogen) atoms. The molecule has 1 aromatic heterocycles. The van der Waals surface area contributed by atoms with Gasteiger partial charge in [-0.05, 0) is 6.07 Å². The second-order valence-electron chi connectivity index (χ2n) is 3.72. The van der Waals surface area contributed by atoms with Gasteiger partial charge < -0.3 is 24.6 Å². The van der Waals surface area contributed by atoms with Crippen LogP contribution >= 0.6 is 0 Å². The Bertz CT molecular complexity index is 425. The molecule has 0 aliphatic rings. The number of aliphatic hydroxyl groups is 1. The van der Waals surface area contributed by atoms with Crippen LogP contribution in [0.1, 0.15) is 10.4 Å². The molecular weight excluding hydrogens is 252 g/mol. The molecule has 0 aliphatic carbocycles. The highest BCUT2D eigenvalue weighted by Crippen LogP contribution is 2.19. The summed E-state index contributed by atoms with van der Waals surface area (Å²) in [7, 11) is 4.38. The number of hydrogen-bond donors (Lipinski definition) is 2. The molecule has 1 heterocycles. The summed E-state index contributed by atoms with van der Waals surface area (Å²) in [4.78, 5) is 16.0. The minimum atomic E-state index is -0.482. The maximum Gasteiger partial charge on any atom is 0.257 e. The Morgan fingerprint density at radius 3 is 2.63 bits per heavy atom. The van der Waals surface area contributed by atoms with Crippen molar-refractivity contribution in [2.75, 3.05) is 34.5 Å². The van der Waals surface area contributed by atoms with Gasteiger partial charge in [-0.25, -0.2) is 0 Å². The van der Waals surface area contributed by atoms with Crippen LogP contribution in [0, 0.1) is 0 Å². The van der Waals surface area contributed by atoms with Crippen molar-refractivity contribution in [3.05, 3.63) is 17.7 Å². The molecule has 1 amide bonds. The topological polar surface area (TPSA) is 89.9 Å². The molecule has 0 bridgehead atoms. The number of aromatic nitrogens is 1. The summed E-state index contributed by atoms with van der Waals surface area (Å²) in [5.74, 6) is 0.109. The van der Waals surface area contributed by atoms with Crippen molar-refractivity contribution in [3.63, 3.8) is 0 Å². The highest BCUT2D eigenvalue weighted by Gasteiger charge is 2.18. The van der Waals surface area contributed by atoms with Gasteiger partial charge in [0.15, 0.2) is 0 Å². The zero-order chi connectivity index (χ0) is 14.3. The zero-order valence-corrected chi connectivity index (χ0v) is 11.2. The van der Waals surface area contributed by atoms with E-state index in [0.717, 1.165) is 0 Å². The van der Waals surface area contributed by atoms with E-state index in [1.54, 1.807) is 12.1 Å². The summed E-state index contributed by atoms with van der Waals surface area (Å²) < 4.78 is 14.9. The quantitative estimate of drug-likeness (QED) is 0.715. The first-order valence-corrected chi connectivity index (χ1v) is 5.66. The summed E-state index contributed by atoms with van der Waals surface area (Å²) in [5.41, 5.74) is 0.262. The second kappa shape index (κ2) is 7.55. The van der Waals surface area contributed by atoms with E-state index in [4.69, 9.17) is 19.3 Å². The van der Waals surface area contributed by atoms with Crippen molar-refractivity contribution in [1.29, 1.82) is 0 Å². The van der Waals surface area contributed by atoms with Crippen LogP contribution in [0.25, 0.3) is 0 Å². The molecule has 0 fully saturated rings. The molecule has 1 rings (SSSR count). The fraction of sp³-hybridized carbons (Fsp3) is 0.500. The molecule has 0 unspecified atom stereocenters. The smallest absolute Gasteiger partial charge is 0.257 e. The van der Waals surface area contributed by atoms with Gasteiger partial charge in [-0.1, -0.05) is 0 Å². The first-order chi connectivity index (χ1) is 9.15. The zero-order valence-electron chi connectivity index (χ0n) is 11.2. The molecule has 1 aromatic rings. The van der Waals surface area contributed by atoms with E-state index in [-0.39, 0.29) is 24.7 Å². The van der Waals surface area contributed by atoms with Crippen molar-refractivity contribution >= 4 is 5.91 Å². The van der Waals surface area contributed by atoms with E-state index in [9.17, 15) is 4.79 Å². The summed E-state index contributed by atoms with van der Waals surface area (Å²) in [6, 6.07) is 2.62.